The molecule has 0 N–H and O–H groups in total. The molecule has 0 aliphatic rings. The van der Waals surface area contributed by atoms with Crippen LogP contribution in [-0.2, 0) is 0 Å². The van der Waals surface area contributed by atoms with Crippen molar-refractivity contribution in [2.45, 2.75) is 13.3 Å². The summed E-state index contributed by atoms with van der Waals surface area (Å²) in [4.78, 5) is 31.4. The van der Waals surface area contributed by atoms with E-state index in [-0.39, 0.29) is 11.3 Å². The van der Waals surface area contributed by atoms with Gasteiger partial charge in [-0.05, 0) is 74.1 Å². The minimum absolute atomic E-state index is 0.110. The SMILES string of the molecule is CCCN(C(=O)c1cc(Br)nn1-c1ncccc1Cl)c1c(Br)cc(Cl)cc1C(=O)Cl. The van der Waals surface area contributed by atoms with Gasteiger partial charge in [0.15, 0.2) is 5.82 Å². The Balaban J connectivity index is 2.19. The van der Waals surface area contributed by atoms with Gasteiger partial charge >= 0.3 is 0 Å². The summed E-state index contributed by atoms with van der Waals surface area (Å²) in [5, 5.41) is 4.21. The second-order valence-electron chi connectivity index (χ2n) is 6.09. The van der Waals surface area contributed by atoms with E-state index in [0.717, 1.165) is 0 Å². The highest BCUT2D eigenvalue weighted by Gasteiger charge is 2.28. The van der Waals surface area contributed by atoms with Crippen LogP contribution >= 0.6 is 66.7 Å². The molecule has 156 valence electrons. The second kappa shape index (κ2) is 9.78. The summed E-state index contributed by atoms with van der Waals surface area (Å²) in [6.45, 7) is 2.23. The second-order valence-corrected chi connectivity index (χ2v) is 8.94. The minimum atomic E-state index is -0.732. The van der Waals surface area contributed by atoms with E-state index in [9.17, 15) is 9.59 Å². The maximum Gasteiger partial charge on any atom is 0.277 e. The molecule has 0 saturated carbocycles. The lowest BCUT2D eigenvalue weighted by Crippen LogP contribution is -2.34. The van der Waals surface area contributed by atoms with Crippen molar-refractivity contribution in [3.63, 3.8) is 0 Å². The number of carbonyl (C=O) groups excluding carboxylic acids is 2. The van der Waals surface area contributed by atoms with Crippen LogP contribution in [0.1, 0.15) is 34.2 Å². The normalized spacial score (nSPS) is 10.9. The molecule has 3 aromatic rings. The summed E-state index contributed by atoms with van der Waals surface area (Å²) in [5.74, 6) is -0.118. The zero-order valence-electron chi connectivity index (χ0n) is 15.4. The van der Waals surface area contributed by atoms with E-state index in [2.05, 4.69) is 41.9 Å². The lowest BCUT2D eigenvalue weighted by Gasteiger charge is -2.25. The van der Waals surface area contributed by atoms with E-state index >= 15 is 0 Å². The standard InChI is InChI=1S/C19H13Br2Cl3N4O2/c1-2-6-27(16-11(17(24)29)7-10(22)8-12(16)20)19(30)14-9-15(21)26-28(14)18-13(23)4-3-5-25-18/h3-5,7-9H,2,6H2,1H3. The predicted molar refractivity (Wildman–Crippen MR) is 125 cm³/mol. The Morgan fingerprint density at radius 2 is 1.93 bits per heavy atom. The quantitative estimate of drug-likeness (QED) is 0.304. The third-order valence-corrected chi connectivity index (χ3v) is 5.75. The van der Waals surface area contributed by atoms with Gasteiger partial charge in [0.1, 0.15) is 10.3 Å². The van der Waals surface area contributed by atoms with Crippen LogP contribution in [-0.4, -0.2) is 32.5 Å². The first kappa shape index (κ1) is 23.2. The Morgan fingerprint density at radius 3 is 2.57 bits per heavy atom. The smallest absolute Gasteiger partial charge is 0.277 e. The highest BCUT2D eigenvalue weighted by Crippen LogP contribution is 2.36. The zero-order valence-corrected chi connectivity index (χ0v) is 20.8. The molecule has 30 heavy (non-hydrogen) atoms. The molecule has 0 fully saturated rings. The van der Waals surface area contributed by atoms with Crippen molar-refractivity contribution in [3.05, 3.63) is 66.9 Å². The summed E-state index contributed by atoms with van der Waals surface area (Å²) in [5.41, 5.74) is 0.631. The molecule has 11 heteroatoms. The Kier molecular flexibility index (Phi) is 7.57. The van der Waals surface area contributed by atoms with Crippen molar-refractivity contribution < 1.29 is 9.59 Å². The van der Waals surface area contributed by atoms with Gasteiger partial charge in [0.2, 0.25) is 0 Å². The highest BCUT2D eigenvalue weighted by molar-refractivity contribution is 9.10. The molecule has 0 bridgehead atoms. The monoisotopic (exact) mass is 592 g/mol. The summed E-state index contributed by atoms with van der Waals surface area (Å²) in [7, 11) is 0. The first-order valence-corrected chi connectivity index (χ1v) is 11.3. The zero-order chi connectivity index (χ0) is 22.0. The van der Waals surface area contributed by atoms with E-state index in [4.69, 9.17) is 34.8 Å². The van der Waals surface area contributed by atoms with Gasteiger partial charge in [-0.25, -0.2) is 9.67 Å². The molecule has 0 aliphatic heterocycles. The van der Waals surface area contributed by atoms with Crippen LogP contribution in [0.5, 0.6) is 0 Å². The molecule has 6 nitrogen and oxygen atoms in total. The molecule has 0 radical (unpaired) electrons. The van der Waals surface area contributed by atoms with Crippen LogP contribution in [0.3, 0.4) is 0 Å². The minimum Gasteiger partial charge on any atom is -0.305 e. The number of carbonyl (C=O) groups is 2. The van der Waals surface area contributed by atoms with Gasteiger partial charge in [-0.15, -0.1) is 0 Å². The summed E-state index contributed by atoms with van der Waals surface area (Å²) in [6.07, 6.45) is 2.17. The first-order chi connectivity index (χ1) is 14.2. The largest absolute Gasteiger partial charge is 0.305 e. The Labute approximate surface area is 204 Å². The third-order valence-electron chi connectivity index (χ3n) is 4.04. The summed E-state index contributed by atoms with van der Waals surface area (Å²) >= 11 is 24.8. The van der Waals surface area contributed by atoms with Gasteiger partial charge in [-0.1, -0.05) is 30.1 Å². The van der Waals surface area contributed by atoms with E-state index in [1.807, 2.05) is 6.92 Å². The van der Waals surface area contributed by atoms with Crippen LogP contribution < -0.4 is 4.90 Å². The predicted octanol–water partition coefficient (Wildman–Crippen LogP) is 6.53. The molecular weight excluding hydrogens is 582 g/mol. The van der Waals surface area contributed by atoms with Gasteiger partial charge in [0.25, 0.3) is 11.1 Å². The topological polar surface area (TPSA) is 68.1 Å². The number of rotatable bonds is 6. The number of anilines is 1. The molecule has 0 spiro atoms. The molecule has 0 aliphatic carbocycles. The van der Waals surface area contributed by atoms with E-state index in [0.29, 0.717) is 43.6 Å². The molecule has 2 heterocycles. The number of pyridine rings is 1. The van der Waals surface area contributed by atoms with Crippen LogP contribution in [0, 0.1) is 0 Å². The number of amides is 1. The van der Waals surface area contributed by atoms with Crippen LogP contribution in [0.25, 0.3) is 5.82 Å². The molecule has 0 unspecified atom stereocenters. The van der Waals surface area contributed by atoms with Crippen molar-refractivity contribution in [1.82, 2.24) is 14.8 Å². The molecule has 0 atom stereocenters. The fourth-order valence-corrected chi connectivity index (χ4v) is 4.61. The summed E-state index contributed by atoms with van der Waals surface area (Å²) < 4.78 is 2.23. The van der Waals surface area contributed by atoms with Gasteiger partial charge in [-0.2, -0.15) is 5.10 Å². The van der Waals surface area contributed by atoms with E-state index in [1.165, 1.54) is 15.6 Å². The number of aromatic nitrogens is 3. The van der Waals surface area contributed by atoms with Crippen molar-refractivity contribution in [1.29, 1.82) is 0 Å². The van der Waals surface area contributed by atoms with Crippen molar-refractivity contribution >= 4 is 83.5 Å². The fourth-order valence-electron chi connectivity index (χ4n) is 2.87. The number of benzene rings is 1. The van der Waals surface area contributed by atoms with E-state index in [1.54, 1.807) is 30.5 Å². The third kappa shape index (κ3) is 4.73. The van der Waals surface area contributed by atoms with Crippen molar-refractivity contribution in [2.24, 2.45) is 0 Å². The van der Waals surface area contributed by atoms with Crippen LogP contribution in [0.4, 0.5) is 5.69 Å². The molecule has 3 rings (SSSR count). The van der Waals surface area contributed by atoms with Crippen LogP contribution in [0.2, 0.25) is 10.0 Å². The van der Waals surface area contributed by atoms with Crippen molar-refractivity contribution in [3.8, 4) is 5.82 Å². The average molecular weight is 596 g/mol. The number of hydrogen-bond acceptors (Lipinski definition) is 4. The molecular formula is C19H13Br2Cl3N4O2. The Hall–Kier alpha value is -1.45. The van der Waals surface area contributed by atoms with Gasteiger partial charge in [0.05, 0.1) is 16.3 Å². The lowest BCUT2D eigenvalue weighted by molar-refractivity contribution is 0.0979. The molecule has 1 aromatic carbocycles. The van der Waals surface area contributed by atoms with Crippen molar-refractivity contribution in [2.75, 3.05) is 11.4 Å². The Morgan fingerprint density at radius 1 is 1.20 bits per heavy atom. The Bertz CT molecular complexity index is 1140. The fraction of sp³-hybridized carbons (Fsp3) is 0.158. The summed E-state index contributed by atoms with van der Waals surface area (Å²) in [6, 6.07) is 7.91. The number of halogens is 5. The lowest BCUT2D eigenvalue weighted by atomic mass is 10.1. The average Bonchev–Trinajstić information content (AvgIpc) is 3.07. The van der Waals surface area contributed by atoms with E-state index < -0.39 is 11.1 Å². The maximum atomic E-state index is 13.6. The highest BCUT2D eigenvalue weighted by atomic mass is 79.9. The molecule has 1 amide bonds. The molecule has 0 saturated heterocycles. The van der Waals surface area contributed by atoms with Crippen LogP contribution in [0.15, 0.2) is 45.6 Å². The van der Waals surface area contributed by atoms with Gasteiger partial charge in [-0.3, -0.25) is 9.59 Å². The van der Waals surface area contributed by atoms with Gasteiger partial charge < -0.3 is 4.90 Å². The maximum absolute atomic E-state index is 13.6. The number of nitrogens with zero attached hydrogens (tertiary/aromatic N) is 4. The van der Waals surface area contributed by atoms with Gasteiger partial charge in [0, 0.05) is 28.3 Å². The number of hydrogen-bond donors (Lipinski definition) is 0. The first-order valence-electron chi connectivity index (χ1n) is 8.61. The molecule has 2 aromatic heterocycles.